The number of hydrogen-bond acceptors (Lipinski definition) is 3. The number of nitrogens with one attached hydrogen (secondary N) is 1. The molecule has 0 radical (unpaired) electrons. The molecule has 2 nitrogen and oxygen atoms in total. The van der Waals surface area contributed by atoms with Crippen LogP contribution in [0.3, 0.4) is 0 Å². The van der Waals surface area contributed by atoms with Crippen LogP contribution in [0.1, 0.15) is 53.9 Å². The highest BCUT2D eigenvalue weighted by Crippen LogP contribution is 2.35. The molecule has 0 amide bonds. The minimum Gasteiger partial charge on any atom is -0.311 e. The summed E-state index contributed by atoms with van der Waals surface area (Å²) < 4.78 is 0. The molecule has 20 heavy (non-hydrogen) atoms. The molecule has 3 heteroatoms. The number of thioether (sulfide) groups is 1. The Hall–Kier alpha value is 0.270. The summed E-state index contributed by atoms with van der Waals surface area (Å²) in [7, 11) is 0. The zero-order valence-electron chi connectivity index (χ0n) is 14.3. The Morgan fingerprint density at radius 3 is 2.40 bits per heavy atom. The van der Waals surface area contributed by atoms with Crippen LogP contribution in [0.4, 0.5) is 0 Å². The van der Waals surface area contributed by atoms with Crippen molar-refractivity contribution < 1.29 is 0 Å². The van der Waals surface area contributed by atoms with Crippen LogP contribution in [0.5, 0.6) is 0 Å². The van der Waals surface area contributed by atoms with E-state index >= 15 is 0 Å². The predicted molar refractivity (Wildman–Crippen MR) is 91.5 cm³/mol. The van der Waals surface area contributed by atoms with E-state index in [9.17, 15) is 0 Å². The van der Waals surface area contributed by atoms with Crippen molar-refractivity contribution in [3.8, 4) is 0 Å². The first-order chi connectivity index (χ1) is 9.32. The zero-order chi connectivity index (χ0) is 14.9. The van der Waals surface area contributed by atoms with Crippen LogP contribution in [0, 0.1) is 11.3 Å². The smallest absolute Gasteiger partial charge is 0.0247 e. The molecule has 0 spiro atoms. The second-order valence-electron chi connectivity index (χ2n) is 8.16. The molecule has 2 rings (SSSR count). The largest absolute Gasteiger partial charge is 0.311 e. The average molecular weight is 299 g/mol. The van der Waals surface area contributed by atoms with Crippen molar-refractivity contribution in [1.29, 1.82) is 0 Å². The Labute approximate surface area is 130 Å². The van der Waals surface area contributed by atoms with Crippen LogP contribution in [-0.2, 0) is 0 Å². The normalized spacial score (nSPS) is 36.8. The van der Waals surface area contributed by atoms with Crippen molar-refractivity contribution >= 4 is 11.8 Å². The minimum absolute atomic E-state index is 0.359. The quantitative estimate of drug-likeness (QED) is 0.857. The molecule has 4 unspecified atom stereocenters. The van der Waals surface area contributed by atoms with Gasteiger partial charge < -0.3 is 5.32 Å². The second-order valence-corrected chi connectivity index (χ2v) is 9.30. The molecule has 1 aliphatic carbocycles. The lowest BCUT2D eigenvalue weighted by Crippen LogP contribution is -2.63. The third kappa shape index (κ3) is 3.72. The number of nitrogens with zero attached hydrogens (tertiary/aromatic N) is 1. The molecule has 1 N–H and O–H groups in total. The van der Waals surface area contributed by atoms with Gasteiger partial charge in [-0.2, -0.15) is 11.8 Å². The van der Waals surface area contributed by atoms with E-state index in [1.54, 1.807) is 0 Å². The molecule has 0 aromatic rings. The summed E-state index contributed by atoms with van der Waals surface area (Å²) in [5.41, 5.74) is 0.359. The van der Waals surface area contributed by atoms with Crippen molar-refractivity contribution in [1.82, 2.24) is 10.2 Å². The molecule has 0 aromatic heterocycles. The SMILES string of the molecule is CSC1CCC(N2CC(C(C)(C)C)NCC2C(C)C)C1. The summed E-state index contributed by atoms with van der Waals surface area (Å²) in [6, 6.07) is 2.18. The predicted octanol–water partition coefficient (Wildman–Crippen LogP) is 3.62. The summed E-state index contributed by atoms with van der Waals surface area (Å²) in [5.74, 6) is 0.747. The third-order valence-electron chi connectivity index (χ3n) is 5.37. The Morgan fingerprint density at radius 1 is 1.20 bits per heavy atom. The highest BCUT2D eigenvalue weighted by molar-refractivity contribution is 7.99. The Morgan fingerprint density at radius 2 is 1.90 bits per heavy atom. The van der Waals surface area contributed by atoms with E-state index in [0.717, 1.165) is 23.3 Å². The van der Waals surface area contributed by atoms with Gasteiger partial charge in [-0.1, -0.05) is 34.6 Å². The first-order valence-corrected chi connectivity index (χ1v) is 9.63. The zero-order valence-corrected chi connectivity index (χ0v) is 15.1. The van der Waals surface area contributed by atoms with Crippen molar-refractivity contribution in [3.05, 3.63) is 0 Å². The molecule has 1 saturated carbocycles. The molecule has 2 fully saturated rings. The summed E-state index contributed by atoms with van der Waals surface area (Å²) in [5, 5.41) is 4.72. The van der Waals surface area contributed by atoms with Crippen LogP contribution < -0.4 is 5.32 Å². The van der Waals surface area contributed by atoms with E-state index in [4.69, 9.17) is 0 Å². The monoisotopic (exact) mass is 298 g/mol. The maximum absolute atomic E-state index is 3.82. The molecular weight excluding hydrogens is 264 g/mol. The fourth-order valence-corrected chi connectivity index (χ4v) is 4.63. The fourth-order valence-electron chi connectivity index (χ4n) is 3.84. The number of rotatable bonds is 3. The highest BCUT2D eigenvalue weighted by Gasteiger charge is 2.40. The first kappa shape index (κ1) is 16.6. The summed E-state index contributed by atoms with van der Waals surface area (Å²) in [6.45, 7) is 14.3. The number of piperazine rings is 1. The lowest BCUT2D eigenvalue weighted by molar-refractivity contribution is 0.0311. The standard InChI is InChI=1S/C17H34N2S/c1-12(2)15-10-18-16(17(3,4)5)11-19(15)13-7-8-14(9-13)20-6/h12-16,18H,7-11H2,1-6H3. The van der Waals surface area contributed by atoms with E-state index in [2.05, 4.69) is 62.9 Å². The highest BCUT2D eigenvalue weighted by atomic mass is 32.2. The molecule has 2 aliphatic rings. The molecule has 1 heterocycles. The van der Waals surface area contributed by atoms with Crippen LogP contribution >= 0.6 is 11.8 Å². The maximum atomic E-state index is 3.82. The van der Waals surface area contributed by atoms with Crippen molar-refractivity contribution in [2.75, 3.05) is 19.3 Å². The van der Waals surface area contributed by atoms with Gasteiger partial charge in [-0.05, 0) is 36.9 Å². The van der Waals surface area contributed by atoms with E-state index in [1.807, 2.05) is 0 Å². The van der Waals surface area contributed by atoms with Crippen LogP contribution in [0.2, 0.25) is 0 Å². The maximum Gasteiger partial charge on any atom is 0.0247 e. The summed E-state index contributed by atoms with van der Waals surface area (Å²) >= 11 is 2.07. The summed E-state index contributed by atoms with van der Waals surface area (Å²) in [4.78, 5) is 2.87. The van der Waals surface area contributed by atoms with Crippen molar-refractivity contribution in [2.45, 2.75) is 77.3 Å². The molecule has 4 atom stereocenters. The Bertz CT molecular complexity index is 311. The Kier molecular flexibility index (Phi) is 5.47. The van der Waals surface area contributed by atoms with Crippen molar-refractivity contribution in [3.63, 3.8) is 0 Å². The molecule has 0 aromatic carbocycles. The van der Waals surface area contributed by atoms with Gasteiger partial charge in [-0.25, -0.2) is 0 Å². The van der Waals surface area contributed by atoms with Gasteiger partial charge in [-0.3, -0.25) is 4.90 Å². The average Bonchev–Trinajstić information content (AvgIpc) is 2.85. The van der Waals surface area contributed by atoms with E-state index in [0.29, 0.717) is 11.5 Å². The van der Waals surface area contributed by atoms with Crippen molar-refractivity contribution in [2.24, 2.45) is 11.3 Å². The van der Waals surface area contributed by atoms with Crippen LogP contribution in [-0.4, -0.2) is 47.6 Å². The van der Waals surface area contributed by atoms with Gasteiger partial charge in [0.1, 0.15) is 0 Å². The molecule has 1 aliphatic heterocycles. The molecule has 118 valence electrons. The lowest BCUT2D eigenvalue weighted by atomic mass is 9.83. The molecular formula is C17H34N2S. The van der Waals surface area contributed by atoms with Gasteiger partial charge in [0.15, 0.2) is 0 Å². The van der Waals surface area contributed by atoms with E-state index in [-0.39, 0.29) is 0 Å². The van der Waals surface area contributed by atoms with Gasteiger partial charge in [0, 0.05) is 36.5 Å². The van der Waals surface area contributed by atoms with Gasteiger partial charge in [-0.15, -0.1) is 0 Å². The molecule has 1 saturated heterocycles. The van der Waals surface area contributed by atoms with E-state index in [1.165, 1.54) is 32.4 Å². The van der Waals surface area contributed by atoms with E-state index < -0.39 is 0 Å². The topological polar surface area (TPSA) is 15.3 Å². The molecule has 0 bridgehead atoms. The Balaban J connectivity index is 2.07. The first-order valence-electron chi connectivity index (χ1n) is 8.35. The van der Waals surface area contributed by atoms with Gasteiger partial charge >= 0.3 is 0 Å². The van der Waals surface area contributed by atoms with Gasteiger partial charge in [0.2, 0.25) is 0 Å². The second kappa shape index (κ2) is 6.58. The van der Waals surface area contributed by atoms with Gasteiger partial charge in [0.25, 0.3) is 0 Å². The third-order valence-corrected chi connectivity index (χ3v) is 6.46. The fraction of sp³-hybridized carbons (Fsp3) is 1.00. The summed E-state index contributed by atoms with van der Waals surface area (Å²) in [6.07, 6.45) is 6.51. The van der Waals surface area contributed by atoms with Gasteiger partial charge in [0.05, 0.1) is 0 Å². The minimum atomic E-state index is 0.359. The van der Waals surface area contributed by atoms with Crippen LogP contribution in [0.15, 0.2) is 0 Å². The van der Waals surface area contributed by atoms with Crippen LogP contribution in [0.25, 0.3) is 0 Å². The lowest BCUT2D eigenvalue weighted by Gasteiger charge is -2.49. The number of hydrogen-bond donors (Lipinski definition) is 1.